The lowest BCUT2D eigenvalue weighted by atomic mass is 10.3. The average Bonchev–Trinajstić information content (AvgIpc) is 2.77. The molecule has 0 radical (unpaired) electrons. The van der Waals surface area contributed by atoms with E-state index in [2.05, 4.69) is 20.0 Å². The Bertz CT molecular complexity index is 840. The minimum Gasteiger partial charge on any atom is -0.406 e. The molecule has 0 spiro atoms. The summed E-state index contributed by atoms with van der Waals surface area (Å²) in [4.78, 5) is 8.42. The Labute approximate surface area is 129 Å². The zero-order valence-corrected chi connectivity index (χ0v) is 12.3. The summed E-state index contributed by atoms with van der Waals surface area (Å²) in [5.74, 6) is 0.314. The maximum absolute atomic E-state index is 12.1. The van der Waals surface area contributed by atoms with Crippen LogP contribution in [-0.2, 0) is 7.05 Å². The summed E-state index contributed by atoms with van der Waals surface area (Å²) < 4.78 is 42.2. The van der Waals surface area contributed by atoms with Crippen molar-refractivity contribution in [1.29, 1.82) is 0 Å². The number of hydrogen-bond acceptors (Lipinski definition) is 4. The normalized spacial score (nSPS) is 11.7. The van der Waals surface area contributed by atoms with E-state index in [-0.39, 0.29) is 5.75 Å². The van der Waals surface area contributed by atoms with Gasteiger partial charge in [-0.1, -0.05) is 0 Å². The molecule has 0 amide bonds. The molecular weight excluding hydrogens is 309 g/mol. The van der Waals surface area contributed by atoms with Crippen LogP contribution in [0.15, 0.2) is 36.7 Å². The topological polar surface area (TPSA) is 52.0 Å². The van der Waals surface area contributed by atoms with Gasteiger partial charge < -0.3 is 14.6 Å². The van der Waals surface area contributed by atoms with E-state index >= 15 is 0 Å². The number of fused-ring (bicyclic) bond motifs is 1. The number of anilines is 2. The molecule has 3 aromatic rings. The molecule has 0 aliphatic heterocycles. The van der Waals surface area contributed by atoms with E-state index in [0.717, 1.165) is 16.7 Å². The Balaban J connectivity index is 1.86. The van der Waals surface area contributed by atoms with Crippen molar-refractivity contribution in [3.63, 3.8) is 0 Å². The first-order valence-electron chi connectivity index (χ1n) is 6.73. The van der Waals surface area contributed by atoms with E-state index < -0.39 is 6.36 Å². The van der Waals surface area contributed by atoms with Crippen molar-refractivity contribution in [1.82, 2.24) is 14.5 Å². The zero-order chi connectivity index (χ0) is 16.6. The number of aryl methyl sites for hydroxylation is 2. The number of hydrogen-bond donors (Lipinski definition) is 1. The highest BCUT2D eigenvalue weighted by Gasteiger charge is 2.30. The number of nitrogens with one attached hydrogen (secondary N) is 1. The quantitative estimate of drug-likeness (QED) is 0.794. The van der Waals surface area contributed by atoms with Gasteiger partial charge in [-0.15, -0.1) is 13.2 Å². The van der Waals surface area contributed by atoms with Crippen LogP contribution >= 0.6 is 0 Å². The van der Waals surface area contributed by atoms with Crippen molar-refractivity contribution in [2.24, 2.45) is 7.05 Å². The molecule has 0 unspecified atom stereocenters. The predicted molar refractivity (Wildman–Crippen MR) is 79.7 cm³/mol. The Hall–Kier alpha value is -2.77. The van der Waals surface area contributed by atoms with Gasteiger partial charge in [0.25, 0.3) is 0 Å². The average molecular weight is 322 g/mol. The van der Waals surface area contributed by atoms with Crippen LogP contribution in [0.4, 0.5) is 24.7 Å². The summed E-state index contributed by atoms with van der Waals surface area (Å²) in [7, 11) is 1.90. The van der Waals surface area contributed by atoms with E-state index in [1.165, 1.54) is 30.6 Å². The Kier molecular flexibility index (Phi) is 3.59. The first kappa shape index (κ1) is 15.1. The molecule has 0 saturated carbocycles. The van der Waals surface area contributed by atoms with Gasteiger partial charge in [0.05, 0.1) is 5.39 Å². The second kappa shape index (κ2) is 5.45. The summed E-state index contributed by atoms with van der Waals surface area (Å²) in [6.07, 6.45) is -3.26. The number of rotatable bonds is 3. The molecule has 1 N–H and O–H groups in total. The Morgan fingerprint density at radius 2 is 1.83 bits per heavy atom. The molecule has 0 aliphatic rings. The molecule has 2 aromatic heterocycles. The molecule has 2 heterocycles. The van der Waals surface area contributed by atoms with Crippen molar-refractivity contribution in [2.45, 2.75) is 13.3 Å². The Morgan fingerprint density at radius 1 is 1.13 bits per heavy atom. The van der Waals surface area contributed by atoms with Crippen LogP contribution in [0.25, 0.3) is 11.0 Å². The first-order chi connectivity index (χ1) is 10.8. The molecule has 0 atom stereocenters. The highest BCUT2D eigenvalue weighted by atomic mass is 19.4. The second-order valence-corrected chi connectivity index (χ2v) is 5.00. The van der Waals surface area contributed by atoms with Crippen molar-refractivity contribution < 1.29 is 17.9 Å². The third-order valence-corrected chi connectivity index (χ3v) is 3.41. The van der Waals surface area contributed by atoms with E-state index in [4.69, 9.17) is 0 Å². The summed E-state index contributed by atoms with van der Waals surface area (Å²) in [6.45, 7) is 1.95. The van der Waals surface area contributed by atoms with Gasteiger partial charge in [-0.3, -0.25) is 0 Å². The molecule has 3 rings (SSSR count). The smallest absolute Gasteiger partial charge is 0.406 e. The molecule has 0 fully saturated rings. The fourth-order valence-corrected chi connectivity index (χ4v) is 2.24. The third-order valence-electron chi connectivity index (χ3n) is 3.41. The number of aromatic nitrogens is 3. The van der Waals surface area contributed by atoms with Gasteiger partial charge in [-0.2, -0.15) is 0 Å². The van der Waals surface area contributed by atoms with Crippen LogP contribution in [-0.4, -0.2) is 20.9 Å². The monoisotopic (exact) mass is 322 g/mol. The molecule has 0 bridgehead atoms. The SMILES string of the molecule is Cc1cc2c(Nc3ccc(OC(F)(F)F)cc3)ncnc2n1C. The van der Waals surface area contributed by atoms with Crippen molar-refractivity contribution >= 4 is 22.5 Å². The van der Waals surface area contributed by atoms with Gasteiger partial charge >= 0.3 is 6.36 Å². The van der Waals surface area contributed by atoms with Gasteiger partial charge in [-0.25, -0.2) is 9.97 Å². The lowest BCUT2D eigenvalue weighted by Gasteiger charge is -2.10. The fourth-order valence-electron chi connectivity index (χ4n) is 2.24. The van der Waals surface area contributed by atoms with Gasteiger partial charge in [0.15, 0.2) is 0 Å². The standard InChI is InChI=1S/C15H13F3N4O/c1-9-7-12-13(19-8-20-14(12)22(9)2)21-10-3-5-11(6-4-10)23-15(16,17)18/h3-8H,1-2H3,(H,19,20,21). The van der Waals surface area contributed by atoms with E-state index in [1.54, 1.807) is 0 Å². The lowest BCUT2D eigenvalue weighted by Crippen LogP contribution is -2.16. The van der Waals surface area contributed by atoms with Gasteiger partial charge in [0.1, 0.15) is 23.5 Å². The van der Waals surface area contributed by atoms with Crippen molar-refractivity contribution in [3.8, 4) is 5.75 Å². The summed E-state index contributed by atoms with van der Waals surface area (Å²) in [5.41, 5.74) is 2.40. The highest BCUT2D eigenvalue weighted by molar-refractivity contribution is 5.90. The summed E-state index contributed by atoms with van der Waals surface area (Å²) >= 11 is 0. The first-order valence-corrected chi connectivity index (χ1v) is 6.73. The molecular formula is C15H13F3N4O. The fraction of sp³-hybridized carbons (Fsp3) is 0.200. The number of benzene rings is 1. The predicted octanol–water partition coefficient (Wildman–Crippen LogP) is 3.92. The number of ether oxygens (including phenoxy) is 1. The maximum atomic E-state index is 12.1. The molecule has 23 heavy (non-hydrogen) atoms. The van der Waals surface area contributed by atoms with Crippen molar-refractivity contribution in [2.75, 3.05) is 5.32 Å². The molecule has 5 nitrogen and oxygen atoms in total. The maximum Gasteiger partial charge on any atom is 0.573 e. The van der Waals surface area contributed by atoms with Crippen LogP contribution in [0.2, 0.25) is 0 Å². The van der Waals surface area contributed by atoms with E-state index in [0.29, 0.717) is 11.5 Å². The summed E-state index contributed by atoms with van der Waals surface area (Å²) in [5, 5.41) is 3.91. The zero-order valence-electron chi connectivity index (χ0n) is 12.3. The minimum absolute atomic E-state index is 0.272. The number of halogens is 3. The molecule has 0 aliphatic carbocycles. The van der Waals surface area contributed by atoms with Gasteiger partial charge in [0.2, 0.25) is 0 Å². The van der Waals surface area contributed by atoms with Gasteiger partial charge in [0, 0.05) is 18.4 Å². The number of nitrogens with zero attached hydrogens (tertiary/aromatic N) is 3. The second-order valence-electron chi connectivity index (χ2n) is 5.00. The third kappa shape index (κ3) is 3.20. The summed E-state index contributed by atoms with van der Waals surface area (Å²) in [6, 6.07) is 7.41. The molecule has 1 aromatic carbocycles. The lowest BCUT2D eigenvalue weighted by molar-refractivity contribution is -0.274. The van der Waals surface area contributed by atoms with Crippen LogP contribution < -0.4 is 10.1 Å². The van der Waals surface area contributed by atoms with Crippen LogP contribution in [0.1, 0.15) is 5.69 Å². The molecule has 120 valence electrons. The van der Waals surface area contributed by atoms with E-state index in [9.17, 15) is 13.2 Å². The van der Waals surface area contributed by atoms with Gasteiger partial charge in [-0.05, 0) is 37.3 Å². The highest BCUT2D eigenvalue weighted by Crippen LogP contribution is 2.27. The molecule has 8 heteroatoms. The minimum atomic E-state index is -4.70. The van der Waals surface area contributed by atoms with Crippen molar-refractivity contribution in [3.05, 3.63) is 42.4 Å². The van der Waals surface area contributed by atoms with Crippen LogP contribution in [0, 0.1) is 6.92 Å². The largest absolute Gasteiger partial charge is 0.573 e. The van der Waals surface area contributed by atoms with Crippen LogP contribution in [0.3, 0.4) is 0 Å². The Morgan fingerprint density at radius 3 is 2.48 bits per heavy atom. The number of alkyl halides is 3. The molecule has 0 saturated heterocycles. The van der Waals surface area contributed by atoms with Crippen LogP contribution in [0.5, 0.6) is 5.75 Å². The van der Waals surface area contributed by atoms with E-state index in [1.807, 2.05) is 24.6 Å².